The summed E-state index contributed by atoms with van der Waals surface area (Å²) in [6.45, 7) is -0.485. The molecular weight excluding hydrogens is 198 g/mol. The van der Waals surface area contributed by atoms with Crippen LogP contribution in [0.1, 0.15) is 36.3 Å². The van der Waals surface area contributed by atoms with Crippen molar-refractivity contribution in [2.45, 2.75) is 31.1 Å². The van der Waals surface area contributed by atoms with Gasteiger partial charge in [-0.25, -0.2) is 8.78 Å². The Balaban J connectivity index is 2.23. The van der Waals surface area contributed by atoms with Crippen LogP contribution in [0, 0.1) is 0 Å². The van der Waals surface area contributed by atoms with Gasteiger partial charge in [0, 0.05) is 18.6 Å². The molecule has 0 atom stereocenters. The second-order valence-corrected chi connectivity index (χ2v) is 4.08. The first-order valence-electron chi connectivity index (χ1n) is 5.22. The lowest BCUT2D eigenvalue weighted by atomic mass is 10.0. The summed E-state index contributed by atoms with van der Waals surface area (Å²) >= 11 is 0. The van der Waals surface area contributed by atoms with E-state index in [4.69, 9.17) is 5.11 Å². The lowest BCUT2D eigenvalue weighted by Gasteiger charge is -2.16. The Hall–Kier alpha value is -0.960. The van der Waals surface area contributed by atoms with Gasteiger partial charge in [-0.3, -0.25) is 0 Å². The second-order valence-electron chi connectivity index (χ2n) is 4.08. The molecule has 82 valence electrons. The van der Waals surface area contributed by atoms with Crippen LogP contribution < -0.4 is 0 Å². The monoisotopic (exact) mass is 212 g/mol. The third-order valence-electron chi connectivity index (χ3n) is 2.78. The van der Waals surface area contributed by atoms with E-state index in [2.05, 4.69) is 0 Å². The van der Waals surface area contributed by atoms with E-state index >= 15 is 0 Å². The number of aliphatic hydroxyl groups excluding tert-OH is 1. The van der Waals surface area contributed by atoms with Crippen LogP contribution in [0.15, 0.2) is 24.3 Å². The molecule has 0 aromatic heterocycles. The van der Waals surface area contributed by atoms with Crippen molar-refractivity contribution in [1.29, 1.82) is 0 Å². The molecule has 1 aliphatic carbocycles. The van der Waals surface area contributed by atoms with Crippen molar-refractivity contribution in [3.63, 3.8) is 0 Å². The maximum Gasteiger partial charge on any atom is 0.275 e. The van der Waals surface area contributed by atoms with E-state index in [-0.39, 0.29) is 5.56 Å². The van der Waals surface area contributed by atoms with Gasteiger partial charge >= 0.3 is 0 Å². The highest BCUT2D eigenvalue weighted by molar-refractivity contribution is 5.31. The summed E-state index contributed by atoms with van der Waals surface area (Å²) < 4.78 is 26.9. The molecule has 0 aliphatic heterocycles. The Morgan fingerprint density at radius 3 is 2.67 bits per heavy atom. The summed E-state index contributed by atoms with van der Waals surface area (Å²) in [6, 6.07) is 6.58. The topological polar surface area (TPSA) is 20.2 Å². The number of aliphatic hydroxyl groups is 1. The normalized spacial score (nSPS) is 16.7. The first-order valence-corrected chi connectivity index (χ1v) is 5.22. The molecular formula is C12H14F2O. The first-order chi connectivity index (χ1) is 7.13. The summed E-state index contributed by atoms with van der Waals surface area (Å²) in [7, 11) is 0. The van der Waals surface area contributed by atoms with Gasteiger partial charge in [0.15, 0.2) is 0 Å². The van der Waals surface area contributed by atoms with Crippen LogP contribution in [0.5, 0.6) is 0 Å². The number of hydrogen-bond acceptors (Lipinski definition) is 1. The highest BCUT2D eigenvalue weighted by atomic mass is 19.3. The number of alkyl halides is 2. The summed E-state index contributed by atoms with van der Waals surface area (Å²) in [5, 5.41) is 8.57. The molecule has 0 amide bonds. The number of benzene rings is 1. The van der Waals surface area contributed by atoms with Gasteiger partial charge in [0.1, 0.15) is 0 Å². The van der Waals surface area contributed by atoms with Crippen LogP contribution in [0.2, 0.25) is 0 Å². The number of rotatable bonds is 4. The standard InChI is InChI=1S/C12H14F2O/c13-12(14,6-7-15)11-3-1-2-10(8-11)9-4-5-9/h1-3,8-9,15H,4-7H2. The molecule has 0 heterocycles. The third-order valence-corrected chi connectivity index (χ3v) is 2.78. The Bertz CT molecular complexity index is 345. The number of hydrogen-bond donors (Lipinski definition) is 1. The number of halogens is 2. The molecule has 1 fully saturated rings. The highest BCUT2D eigenvalue weighted by Crippen LogP contribution is 2.42. The molecule has 0 bridgehead atoms. The predicted octanol–water partition coefficient (Wildman–Crippen LogP) is 3.04. The molecule has 2 rings (SSSR count). The average molecular weight is 212 g/mol. The van der Waals surface area contributed by atoms with Crippen molar-refractivity contribution in [3.8, 4) is 0 Å². The van der Waals surface area contributed by atoms with E-state index < -0.39 is 19.0 Å². The predicted molar refractivity (Wildman–Crippen MR) is 54.0 cm³/mol. The van der Waals surface area contributed by atoms with Crippen molar-refractivity contribution < 1.29 is 13.9 Å². The summed E-state index contributed by atoms with van der Waals surface area (Å²) in [5.74, 6) is -2.42. The van der Waals surface area contributed by atoms with E-state index in [1.54, 1.807) is 12.1 Å². The quantitative estimate of drug-likeness (QED) is 0.813. The van der Waals surface area contributed by atoms with Gasteiger partial charge in [-0.15, -0.1) is 0 Å². The largest absolute Gasteiger partial charge is 0.396 e. The molecule has 3 heteroatoms. The molecule has 1 aliphatic rings. The SMILES string of the molecule is OCCC(F)(F)c1cccc(C2CC2)c1. The maximum absolute atomic E-state index is 13.5. The zero-order chi connectivity index (χ0) is 10.9. The van der Waals surface area contributed by atoms with Gasteiger partial charge in [-0.05, 0) is 30.4 Å². The molecule has 0 unspecified atom stereocenters. The minimum atomic E-state index is -2.90. The van der Waals surface area contributed by atoms with Crippen molar-refractivity contribution in [2.24, 2.45) is 0 Å². The van der Waals surface area contributed by atoms with Crippen LogP contribution in [-0.2, 0) is 5.92 Å². The van der Waals surface area contributed by atoms with Gasteiger partial charge < -0.3 is 5.11 Å². The Morgan fingerprint density at radius 1 is 1.33 bits per heavy atom. The molecule has 0 radical (unpaired) electrons. The van der Waals surface area contributed by atoms with Crippen LogP contribution in [0.25, 0.3) is 0 Å². The lowest BCUT2D eigenvalue weighted by molar-refractivity contribution is -0.0270. The van der Waals surface area contributed by atoms with Crippen LogP contribution in [0.4, 0.5) is 8.78 Å². The van der Waals surface area contributed by atoms with Crippen LogP contribution in [0.3, 0.4) is 0 Å². The van der Waals surface area contributed by atoms with Gasteiger partial charge in [0.2, 0.25) is 0 Å². The summed E-state index contributed by atoms with van der Waals surface area (Å²) in [6.07, 6.45) is 1.71. The fourth-order valence-electron chi connectivity index (χ4n) is 1.72. The van der Waals surface area contributed by atoms with Gasteiger partial charge in [0.05, 0.1) is 0 Å². The summed E-state index contributed by atoms with van der Waals surface area (Å²) in [5.41, 5.74) is 1.03. The van der Waals surface area contributed by atoms with Crippen LogP contribution in [-0.4, -0.2) is 11.7 Å². The highest BCUT2D eigenvalue weighted by Gasteiger charge is 2.32. The van der Waals surface area contributed by atoms with E-state index in [1.807, 2.05) is 6.07 Å². The molecule has 1 N–H and O–H groups in total. The summed E-state index contributed by atoms with van der Waals surface area (Å²) in [4.78, 5) is 0. The minimum absolute atomic E-state index is 0.0287. The Morgan fingerprint density at radius 2 is 2.07 bits per heavy atom. The van der Waals surface area contributed by atoms with E-state index in [0.29, 0.717) is 5.92 Å². The smallest absolute Gasteiger partial charge is 0.275 e. The zero-order valence-corrected chi connectivity index (χ0v) is 8.42. The minimum Gasteiger partial charge on any atom is -0.396 e. The van der Waals surface area contributed by atoms with Crippen molar-refractivity contribution in [3.05, 3.63) is 35.4 Å². The van der Waals surface area contributed by atoms with Gasteiger partial charge in [-0.2, -0.15) is 0 Å². The van der Waals surface area contributed by atoms with Crippen molar-refractivity contribution in [2.75, 3.05) is 6.61 Å². The maximum atomic E-state index is 13.5. The van der Waals surface area contributed by atoms with Gasteiger partial charge in [0.25, 0.3) is 5.92 Å². The fraction of sp³-hybridized carbons (Fsp3) is 0.500. The van der Waals surface area contributed by atoms with Crippen LogP contribution >= 0.6 is 0 Å². The first kappa shape index (κ1) is 10.6. The van der Waals surface area contributed by atoms with Crippen molar-refractivity contribution >= 4 is 0 Å². The molecule has 1 nitrogen and oxygen atoms in total. The Kier molecular flexibility index (Phi) is 2.74. The molecule has 1 saturated carbocycles. The molecule has 1 aromatic carbocycles. The molecule has 1 aromatic rings. The molecule has 15 heavy (non-hydrogen) atoms. The average Bonchev–Trinajstić information content (AvgIpc) is 3.01. The van der Waals surface area contributed by atoms with E-state index in [1.165, 1.54) is 6.07 Å². The van der Waals surface area contributed by atoms with E-state index in [0.717, 1.165) is 18.4 Å². The third kappa shape index (κ3) is 2.34. The van der Waals surface area contributed by atoms with E-state index in [9.17, 15) is 8.78 Å². The van der Waals surface area contributed by atoms with Gasteiger partial charge in [-0.1, -0.05) is 18.2 Å². The fourth-order valence-corrected chi connectivity index (χ4v) is 1.72. The second kappa shape index (κ2) is 3.89. The zero-order valence-electron chi connectivity index (χ0n) is 8.42. The van der Waals surface area contributed by atoms with Crippen molar-refractivity contribution in [1.82, 2.24) is 0 Å². The Labute approximate surface area is 87.7 Å². The lowest BCUT2D eigenvalue weighted by Crippen LogP contribution is -2.15. The molecule has 0 saturated heterocycles. The molecule has 0 spiro atoms.